The molecule has 0 aliphatic heterocycles. The molecule has 0 aliphatic rings. The van der Waals surface area contributed by atoms with Crippen LogP contribution in [-0.4, -0.2) is 19.8 Å². The summed E-state index contributed by atoms with van der Waals surface area (Å²) in [7, 11) is 0. The molecule has 0 bridgehead atoms. The summed E-state index contributed by atoms with van der Waals surface area (Å²) in [6.45, 7) is 4.07. The maximum atomic E-state index is 5.61. The number of hydrogen-bond acceptors (Lipinski definition) is 3. The minimum absolute atomic E-state index is 0.537. The molecule has 3 heteroatoms. The molecule has 19 heavy (non-hydrogen) atoms. The normalized spacial score (nSPS) is 9.95. The zero-order valence-electron chi connectivity index (χ0n) is 11.1. The van der Waals surface area contributed by atoms with Crippen molar-refractivity contribution >= 4 is 5.69 Å². The van der Waals surface area contributed by atoms with Crippen molar-refractivity contribution in [1.82, 2.24) is 0 Å². The van der Waals surface area contributed by atoms with E-state index in [9.17, 15) is 0 Å². The fourth-order valence-electron chi connectivity index (χ4n) is 1.71. The molecule has 0 spiro atoms. The summed E-state index contributed by atoms with van der Waals surface area (Å²) in [5, 5.41) is 3.24. The van der Waals surface area contributed by atoms with E-state index in [0.29, 0.717) is 13.2 Å². The highest BCUT2D eigenvalue weighted by atomic mass is 16.5. The van der Waals surface area contributed by atoms with Crippen molar-refractivity contribution in [3.63, 3.8) is 0 Å². The van der Waals surface area contributed by atoms with E-state index in [-0.39, 0.29) is 0 Å². The van der Waals surface area contributed by atoms with Crippen molar-refractivity contribution in [3.05, 3.63) is 54.6 Å². The van der Waals surface area contributed by atoms with Gasteiger partial charge in [0, 0.05) is 12.2 Å². The molecular formula is C16H19NO2. The van der Waals surface area contributed by atoms with E-state index in [2.05, 4.69) is 12.2 Å². The topological polar surface area (TPSA) is 30.5 Å². The van der Waals surface area contributed by atoms with Crippen LogP contribution in [0.2, 0.25) is 0 Å². The van der Waals surface area contributed by atoms with E-state index in [1.165, 1.54) is 0 Å². The first-order chi connectivity index (χ1) is 9.38. The lowest BCUT2D eigenvalue weighted by molar-refractivity contribution is 0.217. The third kappa shape index (κ3) is 4.54. The van der Waals surface area contributed by atoms with Crippen LogP contribution in [0, 0.1) is 0 Å². The second-order valence-corrected chi connectivity index (χ2v) is 4.06. The van der Waals surface area contributed by atoms with E-state index in [4.69, 9.17) is 9.47 Å². The zero-order chi connectivity index (χ0) is 13.3. The number of ether oxygens (including phenoxy) is 2. The maximum absolute atomic E-state index is 5.61. The highest BCUT2D eigenvalue weighted by Crippen LogP contribution is 2.15. The van der Waals surface area contributed by atoms with Crippen LogP contribution in [0.1, 0.15) is 6.92 Å². The SMILES string of the molecule is CCNc1ccc(OCCOc2ccccc2)cc1. The molecule has 3 nitrogen and oxygen atoms in total. The summed E-state index contributed by atoms with van der Waals surface area (Å²) in [6, 6.07) is 17.7. The lowest BCUT2D eigenvalue weighted by Crippen LogP contribution is -2.08. The van der Waals surface area contributed by atoms with E-state index < -0.39 is 0 Å². The van der Waals surface area contributed by atoms with Gasteiger partial charge in [0.25, 0.3) is 0 Å². The van der Waals surface area contributed by atoms with Crippen LogP contribution in [0.5, 0.6) is 11.5 Å². The van der Waals surface area contributed by atoms with Crippen LogP contribution in [0.4, 0.5) is 5.69 Å². The lowest BCUT2D eigenvalue weighted by atomic mass is 10.3. The Morgan fingerprint density at radius 3 is 1.95 bits per heavy atom. The van der Waals surface area contributed by atoms with Gasteiger partial charge in [0.15, 0.2) is 0 Å². The van der Waals surface area contributed by atoms with E-state index in [1.54, 1.807) is 0 Å². The lowest BCUT2D eigenvalue weighted by Gasteiger charge is -2.09. The van der Waals surface area contributed by atoms with Crippen molar-refractivity contribution in [1.29, 1.82) is 0 Å². The average molecular weight is 257 g/mol. The molecule has 0 heterocycles. The first kappa shape index (κ1) is 13.3. The van der Waals surface area contributed by atoms with E-state index in [1.807, 2.05) is 54.6 Å². The molecular weight excluding hydrogens is 238 g/mol. The van der Waals surface area contributed by atoms with Crippen LogP contribution in [0.25, 0.3) is 0 Å². The first-order valence-corrected chi connectivity index (χ1v) is 6.53. The predicted octanol–water partition coefficient (Wildman–Crippen LogP) is 3.58. The van der Waals surface area contributed by atoms with Crippen LogP contribution in [-0.2, 0) is 0 Å². The second-order valence-electron chi connectivity index (χ2n) is 4.06. The van der Waals surface area contributed by atoms with Crippen molar-refractivity contribution in [3.8, 4) is 11.5 Å². The monoisotopic (exact) mass is 257 g/mol. The molecule has 100 valence electrons. The van der Waals surface area contributed by atoms with Gasteiger partial charge in [-0.3, -0.25) is 0 Å². The van der Waals surface area contributed by atoms with Gasteiger partial charge >= 0.3 is 0 Å². The third-order valence-electron chi connectivity index (χ3n) is 2.60. The van der Waals surface area contributed by atoms with Crippen molar-refractivity contribution in [2.24, 2.45) is 0 Å². The first-order valence-electron chi connectivity index (χ1n) is 6.53. The maximum Gasteiger partial charge on any atom is 0.122 e. The minimum Gasteiger partial charge on any atom is -0.490 e. The van der Waals surface area contributed by atoms with Crippen molar-refractivity contribution in [2.45, 2.75) is 6.92 Å². The standard InChI is InChI=1S/C16H19NO2/c1-2-17-14-8-10-16(11-9-14)19-13-12-18-15-6-4-3-5-7-15/h3-11,17H,2,12-13H2,1H3. The summed E-state index contributed by atoms with van der Waals surface area (Å²) >= 11 is 0. The number of para-hydroxylation sites is 1. The molecule has 0 atom stereocenters. The smallest absolute Gasteiger partial charge is 0.122 e. The minimum atomic E-state index is 0.537. The van der Waals surface area contributed by atoms with Crippen molar-refractivity contribution < 1.29 is 9.47 Å². The fraction of sp³-hybridized carbons (Fsp3) is 0.250. The van der Waals surface area contributed by atoms with Gasteiger partial charge in [0.05, 0.1) is 0 Å². The largest absolute Gasteiger partial charge is 0.490 e. The molecule has 0 radical (unpaired) electrons. The number of hydrogen-bond donors (Lipinski definition) is 1. The van der Waals surface area contributed by atoms with E-state index in [0.717, 1.165) is 23.7 Å². The van der Waals surface area contributed by atoms with Crippen LogP contribution >= 0.6 is 0 Å². The number of benzene rings is 2. The number of anilines is 1. The second kappa shape index (κ2) is 7.31. The van der Waals surface area contributed by atoms with Crippen LogP contribution < -0.4 is 14.8 Å². The Morgan fingerprint density at radius 1 is 0.789 bits per heavy atom. The van der Waals surface area contributed by atoms with E-state index >= 15 is 0 Å². The molecule has 1 N–H and O–H groups in total. The van der Waals surface area contributed by atoms with Gasteiger partial charge in [-0.2, -0.15) is 0 Å². The highest BCUT2D eigenvalue weighted by Gasteiger charge is 1.96. The molecule has 0 saturated carbocycles. The van der Waals surface area contributed by atoms with Gasteiger partial charge in [-0.1, -0.05) is 18.2 Å². The molecule has 2 aromatic rings. The van der Waals surface area contributed by atoms with Crippen LogP contribution in [0.15, 0.2) is 54.6 Å². The Bertz CT molecular complexity index is 468. The Morgan fingerprint density at radius 2 is 1.37 bits per heavy atom. The zero-order valence-corrected chi connectivity index (χ0v) is 11.1. The molecule has 2 rings (SSSR count). The Labute approximate surface area is 114 Å². The predicted molar refractivity (Wildman–Crippen MR) is 78.0 cm³/mol. The molecule has 0 unspecified atom stereocenters. The molecule has 0 amide bonds. The number of nitrogens with one attached hydrogen (secondary N) is 1. The molecule has 0 aliphatic carbocycles. The summed E-state index contributed by atoms with van der Waals surface area (Å²) in [5.41, 5.74) is 1.11. The fourth-order valence-corrected chi connectivity index (χ4v) is 1.71. The molecule has 0 aromatic heterocycles. The number of rotatable bonds is 7. The Hall–Kier alpha value is -2.16. The van der Waals surface area contributed by atoms with Crippen molar-refractivity contribution in [2.75, 3.05) is 25.1 Å². The molecule has 0 fully saturated rings. The Balaban J connectivity index is 1.70. The van der Waals surface area contributed by atoms with Gasteiger partial charge in [0.1, 0.15) is 24.7 Å². The molecule has 2 aromatic carbocycles. The van der Waals surface area contributed by atoms with Gasteiger partial charge in [0.2, 0.25) is 0 Å². The Kier molecular flexibility index (Phi) is 5.11. The summed E-state index contributed by atoms with van der Waals surface area (Å²) < 4.78 is 11.2. The summed E-state index contributed by atoms with van der Waals surface area (Å²) in [6.07, 6.45) is 0. The van der Waals surface area contributed by atoms with Gasteiger partial charge < -0.3 is 14.8 Å². The highest BCUT2D eigenvalue weighted by molar-refractivity contribution is 5.46. The molecule has 0 saturated heterocycles. The summed E-state index contributed by atoms with van der Waals surface area (Å²) in [4.78, 5) is 0. The van der Waals surface area contributed by atoms with Gasteiger partial charge in [-0.15, -0.1) is 0 Å². The van der Waals surface area contributed by atoms with Gasteiger partial charge in [-0.25, -0.2) is 0 Å². The average Bonchev–Trinajstić information content (AvgIpc) is 2.47. The van der Waals surface area contributed by atoms with Crippen LogP contribution in [0.3, 0.4) is 0 Å². The third-order valence-corrected chi connectivity index (χ3v) is 2.60. The quantitative estimate of drug-likeness (QED) is 0.769. The van der Waals surface area contributed by atoms with Gasteiger partial charge in [-0.05, 0) is 43.3 Å². The summed E-state index contributed by atoms with van der Waals surface area (Å²) in [5.74, 6) is 1.73.